The summed E-state index contributed by atoms with van der Waals surface area (Å²) in [7, 11) is 1.80. The van der Waals surface area contributed by atoms with E-state index in [1.807, 2.05) is 17.8 Å². The van der Waals surface area contributed by atoms with Crippen molar-refractivity contribution in [1.82, 2.24) is 10.6 Å². The highest BCUT2D eigenvalue weighted by molar-refractivity contribution is 7.99. The average Bonchev–Trinajstić information content (AvgIpc) is 2.51. The molecule has 1 aromatic rings. The third-order valence-electron chi connectivity index (χ3n) is 3.55. The molecule has 0 radical (unpaired) electrons. The van der Waals surface area contributed by atoms with Crippen LogP contribution in [0, 0.1) is 5.82 Å². The molecule has 1 fully saturated rings. The normalized spacial score (nSPS) is 19.3. The van der Waals surface area contributed by atoms with Gasteiger partial charge in [0.2, 0.25) is 0 Å². The number of guanidine groups is 1. The van der Waals surface area contributed by atoms with Crippen LogP contribution in [0.2, 0.25) is 0 Å². The van der Waals surface area contributed by atoms with E-state index in [0.717, 1.165) is 36.7 Å². The highest BCUT2D eigenvalue weighted by Gasteiger charge is 2.14. The van der Waals surface area contributed by atoms with Crippen molar-refractivity contribution in [2.24, 2.45) is 4.99 Å². The average molecular weight is 309 g/mol. The van der Waals surface area contributed by atoms with Crippen LogP contribution in [-0.2, 0) is 6.42 Å². The number of hydrogen-bond donors (Lipinski definition) is 2. The smallest absolute Gasteiger partial charge is 0.191 e. The summed E-state index contributed by atoms with van der Waals surface area (Å²) >= 11 is 2.00. The molecule has 3 nitrogen and oxygen atoms in total. The van der Waals surface area contributed by atoms with Crippen LogP contribution in [0.3, 0.4) is 0 Å². The molecule has 1 unspecified atom stereocenters. The van der Waals surface area contributed by atoms with Gasteiger partial charge in [-0.1, -0.05) is 12.1 Å². The molecule has 1 aliphatic rings. The first-order valence-electron chi connectivity index (χ1n) is 7.57. The van der Waals surface area contributed by atoms with E-state index in [0.29, 0.717) is 6.04 Å². The molecule has 1 atom stereocenters. The Kier molecular flexibility index (Phi) is 6.86. The van der Waals surface area contributed by atoms with Gasteiger partial charge in [0.15, 0.2) is 5.96 Å². The second-order valence-corrected chi connectivity index (χ2v) is 6.44. The lowest BCUT2D eigenvalue weighted by Gasteiger charge is -2.24. The molecule has 2 rings (SSSR count). The molecule has 0 aliphatic carbocycles. The van der Waals surface area contributed by atoms with E-state index in [9.17, 15) is 4.39 Å². The van der Waals surface area contributed by atoms with E-state index in [1.165, 1.54) is 24.7 Å². The number of rotatable bonds is 5. The fourth-order valence-electron chi connectivity index (χ4n) is 2.43. The maximum absolute atomic E-state index is 13.1. The molecule has 0 saturated carbocycles. The van der Waals surface area contributed by atoms with Crippen LogP contribution in [0.25, 0.3) is 0 Å². The Morgan fingerprint density at radius 2 is 2.38 bits per heavy atom. The van der Waals surface area contributed by atoms with E-state index >= 15 is 0 Å². The van der Waals surface area contributed by atoms with Gasteiger partial charge in [-0.2, -0.15) is 11.8 Å². The lowest BCUT2D eigenvalue weighted by atomic mass is 10.1. The number of benzene rings is 1. The van der Waals surface area contributed by atoms with Gasteiger partial charge < -0.3 is 10.6 Å². The second-order valence-electron chi connectivity index (χ2n) is 5.29. The lowest BCUT2D eigenvalue weighted by molar-refractivity contribution is 0.580. The maximum atomic E-state index is 13.1. The van der Waals surface area contributed by atoms with Gasteiger partial charge in [0, 0.05) is 25.4 Å². The van der Waals surface area contributed by atoms with Gasteiger partial charge in [-0.25, -0.2) is 4.39 Å². The first-order chi connectivity index (χ1) is 10.3. The molecule has 116 valence electrons. The van der Waals surface area contributed by atoms with Crippen molar-refractivity contribution >= 4 is 17.7 Å². The second kappa shape index (κ2) is 8.93. The third kappa shape index (κ3) is 5.96. The standard InChI is InChI=1S/C16H24FN3S/c1-18-16(20-15-8-4-10-21-12-15)19-9-3-6-13-5-2-7-14(17)11-13/h2,5,7,11,15H,3-4,6,8-10,12H2,1H3,(H2,18,19,20). The highest BCUT2D eigenvalue weighted by atomic mass is 32.2. The van der Waals surface area contributed by atoms with Crippen LogP contribution in [0.15, 0.2) is 29.3 Å². The molecule has 2 N–H and O–H groups in total. The summed E-state index contributed by atoms with van der Waals surface area (Å²) in [5.74, 6) is 3.15. The number of hydrogen-bond acceptors (Lipinski definition) is 2. The number of nitrogens with one attached hydrogen (secondary N) is 2. The van der Waals surface area contributed by atoms with Crippen molar-refractivity contribution in [2.75, 3.05) is 25.1 Å². The van der Waals surface area contributed by atoms with Crippen molar-refractivity contribution < 1.29 is 4.39 Å². The summed E-state index contributed by atoms with van der Waals surface area (Å²) in [6.07, 6.45) is 4.33. The predicted octanol–water partition coefficient (Wildman–Crippen LogP) is 2.82. The first kappa shape index (κ1) is 16.1. The van der Waals surface area contributed by atoms with Crippen LogP contribution in [0.4, 0.5) is 4.39 Å². The Bertz CT molecular complexity index is 459. The first-order valence-corrected chi connectivity index (χ1v) is 8.73. The zero-order valence-electron chi connectivity index (χ0n) is 12.6. The lowest BCUT2D eigenvalue weighted by Crippen LogP contribution is -2.45. The van der Waals surface area contributed by atoms with E-state index < -0.39 is 0 Å². The minimum absolute atomic E-state index is 0.160. The van der Waals surface area contributed by atoms with Crippen molar-refractivity contribution in [3.8, 4) is 0 Å². The minimum Gasteiger partial charge on any atom is -0.356 e. The molecular weight excluding hydrogens is 285 g/mol. The Hall–Kier alpha value is -1.23. The van der Waals surface area contributed by atoms with Crippen LogP contribution in [0.5, 0.6) is 0 Å². The molecule has 1 aromatic carbocycles. The van der Waals surface area contributed by atoms with Crippen molar-refractivity contribution in [2.45, 2.75) is 31.7 Å². The van der Waals surface area contributed by atoms with Gasteiger partial charge in [0.25, 0.3) is 0 Å². The molecule has 0 spiro atoms. The fraction of sp³-hybridized carbons (Fsp3) is 0.562. The van der Waals surface area contributed by atoms with Crippen molar-refractivity contribution in [1.29, 1.82) is 0 Å². The van der Waals surface area contributed by atoms with Gasteiger partial charge in [0.1, 0.15) is 5.82 Å². The van der Waals surface area contributed by atoms with Gasteiger partial charge >= 0.3 is 0 Å². The van der Waals surface area contributed by atoms with Gasteiger partial charge in [-0.3, -0.25) is 4.99 Å². The Morgan fingerprint density at radius 3 is 3.10 bits per heavy atom. The number of aliphatic imine (C=N–C) groups is 1. The number of nitrogens with zero attached hydrogens (tertiary/aromatic N) is 1. The zero-order chi connectivity index (χ0) is 14.9. The molecule has 0 aromatic heterocycles. The van der Waals surface area contributed by atoms with Crippen molar-refractivity contribution in [3.05, 3.63) is 35.6 Å². The monoisotopic (exact) mass is 309 g/mol. The molecule has 5 heteroatoms. The molecule has 1 saturated heterocycles. The summed E-state index contributed by atoms with van der Waals surface area (Å²) < 4.78 is 13.1. The molecule has 0 amide bonds. The van der Waals surface area contributed by atoms with E-state index in [2.05, 4.69) is 15.6 Å². The number of aryl methyl sites for hydroxylation is 1. The SMILES string of the molecule is CN=C(NCCCc1cccc(F)c1)NC1CCCSC1. The zero-order valence-corrected chi connectivity index (χ0v) is 13.4. The van der Waals surface area contributed by atoms with E-state index in [-0.39, 0.29) is 5.82 Å². The van der Waals surface area contributed by atoms with Gasteiger partial charge in [-0.05, 0) is 49.1 Å². The summed E-state index contributed by atoms with van der Waals surface area (Å²) in [5, 5.41) is 6.81. The van der Waals surface area contributed by atoms with E-state index in [4.69, 9.17) is 0 Å². The minimum atomic E-state index is -0.160. The summed E-state index contributed by atoms with van der Waals surface area (Å²) in [4.78, 5) is 4.27. The molecular formula is C16H24FN3S. The number of halogens is 1. The quantitative estimate of drug-likeness (QED) is 0.499. The topological polar surface area (TPSA) is 36.4 Å². The molecule has 21 heavy (non-hydrogen) atoms. The Balaban J connectivity index is 1.66. The number of thioether (sulfide) groups is 1. The summed E-state index contributed by atoms with van der Waals surface area (Å²) in [6, 6.07) is 7.34. The van der Waals surface area contributed by atoms with Gasteiger partial charge in [-0.15, -0.1) is 0 Å². The maximum Gasteiger partial charge on any atom is 0.191 e. The molecule has 1 heterocycles. The van der Waals surface area contributed by atoms with Crippen LogP contribution in [-0.4, -0.2) is 37.1 Å². The van der Waals surface area contributed by atoms with Gasteiger partial charge in [0.05, 0.1) is 0 Å². The summed E-state index contributed by atoms with van der Waals surface area (Å²) in [5.41, 5.74) is 1.04. The van der Waals surface area contributed by atoms with Crippen LogP contribution in [0.1, 0.15) is 24.8 Å². The Morgan fingerprint density at radius 1 is 1.48 bits per heavy atom. The van der Waals surface area contributed by atoms with Crippen LogP contribution >= 0.6 is 11.8 Å². The van der Waals surface area contributed by atoms with Crippen LogP contribution < -0.4 is 10.6 Å². The van der Waals surface area contributed by atoms with Crippen molar-refractivity contribution in [3.63, 3.8) is 0 Å². The summed E-state index contributed by atoms with van der Waals surface area (Å²) in [6.45, 7) is 0.843. The largest absolute Gasteiger partial charge is 0.356 e. The van der Waals surface area contributed by atoms with E-state index in [1.54, 1.807) is 19.2 Å². The highest BCUT2D eigenvalue weighted by Crippen LogP contribution is 2.16. The Labute approximate surface area is 130 Å². The predicted molar refractivity (Wildman–Crippen MR) is 89.6 cm³/mol. The molecule has 1 aliphatic heterocycles. The fourth-order valence-corrected chi connectivity index (χ4v) is 3.51. The third-order valence-corrected chi connectivity index (χ3v) is 4.76. The molecule has 0 bridgehead atoms.